The second-order valence-corrected chi connectivity index (χ2v) is 5.30. The molecule has 6 heteroatoms. The van der Waals surface area contributed by atoms with Gasteiger partial charge in [0.05, 0.1) is 21.8 Å². The van der Waals surface area contributed by atoms with Gasteiger partial charge in [0.15, 0.2) is 0 Å². The van der Waals surface area contributed by atoms with Gasteiger partial charge in [-0.2, -0.15) is 0 Å². The Hall–Kier alpha value is -1.20. The van der Waals surface area contributed by atoms with Gasteiger partial charge in [-0.15, -0.1) is 0 Å². The van der Waals surface area contributed by atoms with E-state index in [0.717, 1.165) is 12.1 Å². The summed E-state index contributed by atoms with van der Waals surface area (Å²) in [7, 11) is 0. The molecule has 0 aliphatic carbocycles. The van der Waals surface area contributed by atoms with Crippen molar-refractivity contribution < 1.29 is 0 Å². The molecule has 0 aromatic carbocycles. The lowest BCUT2D eigenvalue weighted by Gasteiger charge is -2.16. The lowest BCUT2D eigenvalue weighted by Crippen LogP contribution is -2.30. The number of aryl methyl sites for hydroxylation is 1. The molecule has 0 aliphatic rings. The summed E-state index contributed by atoms with van der Waals surface area (Å²) < 4.78 is 0. The summed E-state index contributed by atoms with van der Waals surface area (Å²) in [6.07, 6.45) is 5.01. The smallest absolute Gasteiger partial charge is 0.0777 e. The van der Waals surface area contributed by atoms with Crippen LogP contribution in [0, 0.1) is 0 Å². The van der Waals surface area contributed by atoms with Gasteiger partial charge in [0.25, 0.3) is 0 Å². The quantitative estimate of drug-likeness (QED) is 0.658. The number of nitrogens with two attached hydrogens (primary N) is 1. The normalized spacial score (nSPS) is 12.4. The standard InChI is InChI=1S/C14H16Cl2N4/c1-2-9-3-4-11(18-7-9)6-13(20-17)14-12(16)5-10(15)8-19-14/h3-5,7-8,13,20H,2,6,17H2,1H3. The van der Waals surface area contributed by atoms with Crippen molar-refractivity contribution in [3.63, 3.8) is 0 Å². The van der Waals surface area contributed by atoms with Gasteiger partial charge in [0.1, 0.15) is 0 Å². The van der Waals surface area contributed by atoms with Crippen LogP contribution in [0.5, 0.6) is 0 Å². The summed E-state index contributed by atoms with van der Waals surface area (Å²) in [5.74, 6) is 5.61. The number of halogens is 2. The van der Waals surface area contributed by atoms with Crippen LogP contribution in [0.4, 0.5) is 0 Å². The zero-order valence-electron chi connectivity index (χ0n) is 11.1. The summed E-state index contributed by atoms with van der Waals surface area (Å²) in [5.41, 5.74) is 5.52. The summed E-state index contributed by atoms with van der Waals surface area (Å²) in [6.45, 7) is 2.10. The van der Waals surface area contributed by atoms with Crippen LogP contribution in [-0.4, -0.2) is 9.97 Å². The molecule has 2 heterocycles. The highest BCUT2D eigenvalue weighted by atomic mass is 35.5. The van der Waals surface area contributed by atoms with E-state index in [-0.39, 0.29) is 6.04 Å². The maximum atomic E-state index is 6.15. The molecule has 0 radical (unpaired) electrons. The van der Waals surface area contributed by atoms with E-state index < -0.39 is 0 Å². The third-order valence-corrected chi connectivity index (χ3v) is 3.58. The first-order valence-electron chi connectivity index (χ1n) is 6.35. The number of rotatable bonds is 5. The zero-order chi connectivity index (χ0) is 14.5. The molecule has 0 spiro atoms. The Morgan fingerprint density at radius 3 is 2.60 bits per heavy atom. The van der Waals surface area contributed by atoms with Gasteiger partial charge in [-0.05, 0) is 24.1 Å². The van der Waals surface area contributed by atoms with E-state index in [4.69, 9.17) is 29.0 Å². The van der Waals surface area contributed by atoms with Crippen molar-refractivity contribution in [1.29, 1.82) is 0 Å². The minimum atomic E-state index is -0.209. The summed E-state index contributed by atoms with van der Waals surface area (Å²) in [6, 6.07) is 5.50. The van der Waals surface area contributed by atoms with Gasteiger partial charge >= 0.3 is 0 Å². The summed E-state index contributed by atoms with van der Waals surface area (Å²) >= 11 is 12.0. The number of aromatic nitrogens is 2. The first-order chi connectivity index (χ1) is 9.63. The predicted molar refractivity (Wildman–Crippen MR) is 81.6 cm³/mol. The summed E-state index contributed by atoms with van der Waals surface area (Å²) in [5, 5.41) is 0.991. The Bertz CT molecular complexity index is 572. The van der Waals surface area contributed by atoms with Crippen LogP contribution in [0.15, 0.2) is 30.6 Å². The van der Waals surface area contributed by atoms with E-state index in [9.17, 15) is 0 Å². The molecule has 0 saturated carbocycles. The van der Waals surface area contributed by atoms with Crippen LogP contribution in [0.1, 0.15) is 29.9 Å². The van der Waals surface area contributed by atoms with Crippen molar-refractivity contribution in [2.75, 3.05) is 0 Å². The molecule has 4 nitrogen and oxygen atoms in total. The first-order valence-corrected chi connectivity index (χ1v) is 7.10. The van der Waals surface area contributed by atoms with Crippen molar-refractivity contribution in [2.24, 2.45) is 5.84 Å². The van der Waals surface area contributed by atoms with Gasteiger partial charge < -0.3 is 0 Å². The topological polar surface area (TPSA) is 63.8 Å². The van der Waals surface area contributed by atoms with Crippen LogP contribution >= 0.6 is 23.2 Å². The summed E-state index contributed by atoms with van der Waals surface area (Å²) in [4.78, 5) is 8.66. The molecule has 0 saturated heterocycles. The van der Waals surface area contributed by atoms with Crippen LogP contribution in [0.2, 0.25) is 10.0 Å². The molecule has 20 heavy (non-hydrogen) atoms. The molecular weight excluding hydrogens is 295 g/mol. The Balaban J connectivity index is 2.19. The maximum Gasteiger partial charge on any atom is 0.0777 e. The number of hydrazine groups is 1. The highest BCUT2D eigenvalue weighted by Gasteiger charge is 2.16. The van der Waals surface area contributed by atoms with E-state index in [2.05, 4.69) is 28.4 Å². The van der Waals surface area contributed by atoms with Gasteiger partial charge in [0.2, 0.25) is 0 Å². The maximum absolute atomic E-state index is 6.15. The molecule has 1 atom stereocenters. The molecule has 2 aromatic heterocycles. The van der Waals surface area contributed by atoms with Crippen LogP contribution in [0.3, 0.4) is 0 Å². The lowest BCUT2D eigenvalue weighted by atomic mass is 10.1. The average molecular weight is 311 g/mol. The third kappa shape index (κ3) is 3.67. The molecule has 2 rings (SSSR count). The Morgan fingerprint density at radius 2 is 2.05 bits per heavy atom. The second kappa shape index (κ2) is 6.99. The zero-order valence-corrected chi connectivity index (χ0v) is 12.6. The molecule has 0 amide bonds. The second-order valence-electron chi connectivity index (χ2n) is 4.46. The van der Waals surface area contributed by atoms with Crippen molar-refractivity contribution in [3.05, 3.63) is 57.6 Å². The minimum Gasteiger partial charge on any atom is -0.271 e. The number of pyridine rings is 2. The Kier molecular flexibility index (Phi) is 5.31. The van der Waals surface area contributed by atoms with Gasteiger partial charge in [-0.1, -0.05) is 36.2 Å². The molecule has 0 aliphatic heterocycles. The molecular formula is C14H16Cl2N4. The van der Waals surface area contributed by atoms with E-state index in [1.54, 1.807) is 12.3 Å². The molecule has 3 N–H and O–H groups in total. The Labute approximate surface area is 128 Å². The van der Waals surface area contributed by atoms with Crippen LogP contribution < -0.4 is 11.3 Å². The number of hydrogen-bond acceptors (Lipinski definition) is 4. The molecule has 0 bridgehead atoms. The first kappa shape index (κ1) is 15.2. The van der Waals surface area contributed by atoms with Crippen molar-refractivity contribution in [1.82, 2.24) is 15.4 Å². The minimum absolute atomic E-state index is 0.209. The molecule has 2 aromatic rings. The highest BCUT2D eigenvalue weighted by Crippen LogP contribution is 2.25. The van der Waals surface area contributed by atoms with Crippen LogP contribution in [-0.2, 0) is 12.8 Å². The molecule has 106 valence electrons. The van der Waals surface area contributed by atoms with Gasteiger partial charge in [-0.25, -0.2) is 0 Å². The molecule has 1 unspecified atom stereocenters. The van der Waals surface area contributed by atoms with Crippen molar-refractivity contribution in [2.45, 2.75) is 25.8 Å². The monoisotopic (exact) mass is 310 g/mol. The van der Waals surface area contributed by atoms with E-state index >= 15 is 0 Å². The highest BCUT2D eigenvalue weighted by molar-refractivity contribution is 6.34. The van der Waals surface area contributed by atoms with Gasteiger partial charge in [-0.3, -0.25) is 21.2 Å². The Morgan fingerprint density at radius 1 is 1.25 bits per heavy atom. The average Bonchev–Trinajstić information content (AvgIpc) is 2.46. The van der Waals surface area contributed by atoms with E-state index in [1.807, 2.05) is 12.3 Å². The number of nitrogens with zero attached hydrogens (tertiary/aromatic N) is 2. The van der Waals surface area contributed by atoms with Crippen molar-refractivity contribution >= 4 is 23.2 Å². The fourth-order valence-electron chi connectivity index (χ4n) is 1.91. The van der Waals surface area contributed by atoms with E-state index in [0.29, 0.717) is 22.2 Å². The third-order valence-electron chi connectivity index (χ3n) is 3.08. The fraction of sp³-hybridized carbons (Fsp3) is 0.286. The molecule has 0 fully saturated rings. The number of nitrogens with one attached hydrogen (secondary N) is 1. The van der Waals surface area contributed by atoms with Crippen molar-refractivity contribution in [3.8, 4) is 0 Å². The number of hydrogen-bond donors (Lipinski definition) is 2. The predicted octanol–water partition coefficient (Wildman–Crippen LogP) is 3.09. The van der Waals surface area contributed by atoms with Gasteiger partial charge in [0, 0.05) is 24.5 Å². The largest absolute Gasteiger partial charge is 0.271 e. The van der Waals surface area contributed by atoms with Crippen LogP contribution in [0.25, 0.3) is 0 Å². The lowest BCUT2D eigenvalue weighted by molar-refractivity contribution is 0.533. The fourth-order valence-corrected chi connectivity index (χ4v) is 2.42. The van der Waals surface area contributed by atoms with E-state index in [1.165, 1.54) is 5.56 Å². The SMILES string of the molecule is CCc1ccc(CC(NN)c2ncc(Cl)cc2Cl)nc1.